The molecule has 1 aliphatic heterocycles. The van der Waals surface area contributed by atoms with Crippen LogP contribution in [-0.4, -0.2) is 32.3 Å². The highest BCUT2D eigenvalue weighted by molar-refractivity contribution is 5.91. The summed E-state index contributed by atoms with van der Waals surface area (Å²) in [6.07, 6.45) is 0.937. The SMILES string of the molecule is COc1ccccc1NC(=O)NC1CCNCC1(C)C. The molecule has 0 aliphatic carbocycles. The molecule has 1 saturated heterocycles. The summed E-state index contributed by atoms with van der Waals surface area (Å²) in [6.45, 7) is 6.16. The van der Waals surface area contributed by atoms with Crippen molar-refractivity contribution < 1.29 is 9.53 Å². The number of carbonyl (C=O) groups is 1. The predicted molar refractivity (Wildman–Crippen MR) is 80.2 cm³/mol. The molecule has 1 aromatic rings. The zero-order valence-corrected chi connectivity index (χ0v) is 12.3. The van der Waals surface area contributed by atoms with Crippen LogP contribution in [0.2, 0.25) is 0 Å². The van der Waals surface area contributed by atoms with Crippen LogP contribution in [0.3, 0.4) is 0 Å². The maximum absolute atomic E-state index is 12.1. The van der Waals surface area contributed by atoms with E-state index in [-0.39, 0.29) is 17.5 Å². The van der Waals surface area contributed by atoms with Crippen LogP contribution in [-0.2, 0) is 0 Å². The number of piperidine rings is 1. The molecule has 0 aromatic heterocycles. The number of carbonyl (C=O) groups excluding carboxylic acids is 1. The van der Waals surface area contributed by atoms with Crippen molar-refractivity contribution >= 4 is 11.7 Å². The molecule has 1 aliphatic rings. The van der Waals surface area contributed by atoms with Gasteiger partial charge in [-0.3, -0.25) is 0 Å². The van der Waals surface area contributed by atoms with Crippen LogP contribution in [0.1, 0.15) is 20.3 Å². The molecule has 20 heavy (non-hydrogen) atoms. The normalized spacial score (nSPS) is 21.1. The second-order valence-corrected chi connectivity index (χ2v) is 5.81. The molecular weight excluding hydrogens is 254 g/mol. The van der Waals surface area contributed by atoms with Gasteiger partial charge in [0.05, 0.1) is 12.8 Å². The lowest BCUT2D eigenvalue weighted by atomic mass is 9.80. The highest BCUT2D eigenvalue weighted by Crippen LogP contribution is 2.26. The Hall–Kier alpha value is -1.75. The molecule has 110 valence electrons. The van der Waals surface area contributed by atoms with Gasteiger partial charge in [0, 0.05) is 12.6 Å². The standard InChI is InChI=1S/C15H23N3O2/c1-15(2)10-16-9-8-13(15)18-14(19)17-11-6-4-5-7-12(11)20-3/h4-7,13,16H,8-10H2,1-3H3,(H2,17,18,19). The average molecular weight is 277 g/mol. The minimum atomic E-state index is -0.186. The summed E-state index contributed by atoms with van der Waals surface area (Å²) in [5.74, 6) is 0.659. The van der Waals surface area contributed by atoms with Gasteiger partial charge in [0.2, 0.25) is 0 Å². The molecule has 1 atom stereocenters. The molecule has 0 radical (unpaired) electrons. The van der Waals surface area contributed by atoms with Gasteiger partial charge in [-0.1, -0.05) is 26.0 Å². The summed E-state index contributed by atoms with van der Waals surface area (Å²) in [5, 5.41) is 9.27. The van der Waals surface area contributed by atoms with Gasteiger partial charge in [-0.25, -0.2) is 4.79 Å². The van der Waals surface area contributed by atoms with E-state index in [1.165, 1.54) is 0 Å². The van der Waals surface area contributed by atoms with Crippen LogP contribution in [0.15, 0.2) is 24.3 Å². The zero-order chi connectivity index (χ0) is 14.6. The smallest absolute Gasteiger partial charge is 0.319 e. The molecule has 0 bridgehead atoms. The Morgan fingerprint density at radius 1 is 1.40 bits per heavy atom. The van der Waals surface area contributed by atoms with Gasteiger partial charge in [-0.05, 0) is 30.5 Å². The number of nitrogens with one attached hydrogen (secondary N) is 3. The van der Waals surface area contributed by atoms with Crippen LogP contribution in [0.25, 0.3) is 0 Å². The second-order valence-electron chi connectivity index (χ2n) is 5.81. The monoisotopic (exact) mass is 277 g/mol. The van der Waals surface area contributed by atoms with Gasteiger partial charge >= 0.3 is 6.03 Å². The molecule has 0 saturated carbocycles. The fourth-order valence-electron chi connectivity index (χ4n) is 2.50. The van der Waals surface area contributed by atoms with Crippen molar-refractivity contribution in [2.45, 2.75) is 26.3 Å². The van der Waals surface area contributed by atoms with Gasteiger partial charge in [-0.2, -0.15) is 0 Å². The molecular formula is C15H23N3O2. The minimum absolute atomic E-state index is 0.0519. The van der Waals surface area contributed by atoms with E-state index in [0.717, 1.165) is 19.5 Å². The summed E-state index contributed by atoms with van der Waals surface area (Å²) in [7, 11) is 1.59. The van der Waals surface area contributed by atoms with E-state index >= 15 is 0 Å². The number of para-hydroxylation sites is 2. The van der Waals surface area contributed by atoms with Crippen LogP contribution in [0, 0.1) is 5.41 Å². The Bertz CT molecular complexity index is 474. The van der Waals surface area contributed by atoms with Gasteiger partial charge in [-0.15, -0.1) is 0 Å². The van der Waals surface area contributed by atoms with Crippen molar-refractivity contribution in [3.8, 4) is 5.75 Å². The number of methoxy groups -OCH3 is 1. The lowest BCUT2D eigenvalue weighted by Crippen LogP contribution is -2.55. The molecule has 0 spiro atoms. The topological polar surface area (TPSA) is 62.4 Å². The first-order valence-corrected chi connectivity index (χ1v) is 6.94. The Kier molecular flexibility index (Phi) is 4.49. The fourth-order valence-corrected chi connectivity index (χ4v) is 2.50. The van der Waals surface area contributed by atoms with Gasteiger partial charge in [0.15, 0.2) is 0 Å². The first kappa shape index (κ1) is 14.7. The largest absolute Gasteiger partial charge is 0.495 e. The maximum atomic E-state index is 12.1. The van der Waals surface area contributed by atoms with E-state index in [0.29, 0.717) is 11.4 Å². The number of hydrogen-bond donors (Lipinski definition) is 3. The first-order chi connectivity index (χ1) is 9.53. The highest BCUT2D eigenvalue weighted by atomic mass is 16.5. The number of rotatable bonds is 3. The number of benzene rings is 1. The number of amides is 2. The van der Waals surface area contributed by atoms with Crippen LogP contribution in [0.5, 0.6) is 5.75 Å². The molecule has 2 rings (SSSR count). The van der Waals surface area contributed by atoms with Gasteiger partial charge in [0.25, 0.3) is 0 Å². The minimum Gasteiger partial charge on any atom is -0.495 e. The van der Waals surface area contributed by atoms with Crippen LogP contribution >= 0.6 is 0 Å². The summed E-state index contributed by atoms with van der Waals surface area (Å²) in [5.41, 5.74) is 0.732. The van der Waals surface area contributed by atoms with Gasteiger partial charge < -0.3 is 20.7 Å². The quantitative estimate of drug-likeness (QED) is 0.793. The van der Waals surface area contributed by atoms with E-state index in [1.54, 1.807) is 7.11 Å². The summed E-state index contributed by atoms with van der Waals surface area (Å²) in [4.78, 5) is 12.1. The Morgan fingerprint density at radius 3 is 2.85 bits per heavy atom. The summed E-state index contributed by atoms with van der Waals surface area (Å²) >= 11 is 0. The Morgan fingerprint density at radius 2 is 2.15 bits per heavy atom. The summed E-state index contributed by atoms with van der Waals surface area (Å²) in [6, 6.07) is 7.37. The van der Waals surface area contributed by atoms with Crippen molar-refractivity contribution in [3.05, 3.63) is 24.3 Å². The maximum Gasteiger partial charge on any atom is 0.319 e. The Labute approximate surface area is 120 Å². The fraction of sp³-hybridized carbons (Fsp3) is 0.533. The molecule has 1 aromatic carbocycles. The predicted octanol–water partition coefficient (Wildman–Crippen LogP) is 2.20. The van der Waals surface area contributed by atoms with E-state index in [4.69, 9.17) is 4.74 Å². The molecule has 5 nitrogen and oxygen atoms in total. The number of anilines is 1. The van der Waals surface area contributed by atoms with Crippen molar-refractivity contribution in [1.82, 2.24) is 10.6 Å². The molecule has 2 amide bonds. The number of urea groups is 1. The highest BCUT2D eigenvalue weighted by Gasteiger charge is 2.33. The second kappa shape index (κ2) is 6.13. The zero-order valence-electron chi connectivity index (χ0n) is 12.3. The van der Waals surface area contributed by atoms with Crippen molar-refractivity contribution in [2.24, 2.45) is 5.41 Å². The first-order valence-electron chi connectivity index (χ1n) is 6.94. The molecule has 3 N–H and O–H groups in total. The van der Waals surface area contributed by atoms with Crippen molar-refractivity contribution in [2.75, 3.05) is 25.5 Å². The van der Waals surface area contributed by atoms with Crippen molar-refractivity contribution in [1.29, 1.82) is 0 Å². The number of hydrogen-bond acceptors (Lipinski definition) is 3. The molecule has 1 heterocycles. The van der Waals surface area contributed by atoms with E-state index in [2.05, 4.69) is 29.8 Å². The van der Waals surface area contributed by atoms with E-state index in [9.17, 15) is 4.79 Å². The molecule has 5 heteroatoms. The molecule has 1 fully saturated rings. The van der Waals surface area contributed by atoms with Crippen molar-refractivity contribution in [3.63, 3.8) is 0 Å². The molecule has 1 unspecified atom stereocenters. The third-order valence-electron chi connectivity index (χ3n) is 3.79. The van der Waals surface area contributed by atoms with Crippen LogP contribution in [0.4, 0.5) is 10.5 Å². The average Bonchev–Trinajstić information content (AvgIpc) is 2.42. The van der Waals surface area contributed by atoms with E-state index in [1.807, 2.05) is 24.3 Å². The Balaban J connectivity index is 1.98. The van der Waals surface area contributed by atoms with Crippen LogP contribution < -0.4 is 20.7 Å². The van der Waals surface area contributed by atoms with Gasteiger partial charge in [0.1, 0.15) is 5.75 Å². The third kappa shape index (κ3) is 3.42. The lowest BCUT2D eigenvalue weighted by molar-refractivity contribution is 0.184. The third-order valence-corrected chi connectivity index (χ3v) is 3.79. The van der Waals surface area contributed by atoms with E-state index < -0.39 is 0 Å². The number of ether oxygens (including phenoxy) is 1. The lowest BCUT2D eigenvalue weighted by Gasteiger charge is -2.39. The summed E-state index contributed by atoms with van der Waals surface area (Å²) < 4.78 is 5.22.